The van der Waals surface area contributed by atoms with Gasteiger partial charge in [0.05, 0.1) is 7.11 Å². The fraction of sp³-hybridized carbons (Fsp3) is 0.316. The molecule has 2 aromatic carbocycles. The van der Waals surface area contributed by atoms with Crippen molar-refractivity contribution in [1.82, 2.24) is 4.90 Å². The molecule has 0 amide bonds. The summed E-state index contributed by atoms with van der Waals surface area (Å²) >= 11 is 5.46. The number of thiocarbonyl (C=S) groups is 1. The number of nitrogens with zero attached hydrogens (tertiary/aromatic N) is 1. The Labute approximate surface area is 157 Å². The first kappa shape index (κ1) is 19.9. The molecule has 0 radical (unpaired) electrons. The molecule has 26 heavy (non-hydrogen) atoms. The molecule has 7 heteroatoms. The summed E-state index contributed by atoms with van der Waals surface area (Å²) in [5, 5.41) is 3.80. The Morgan fingerprint density at radius 1 is 1.19 bits per heavy atom. The summed E-state index contributed by atoms with van der Waals surface area (Å²) in [5.41, 5.74) is 4.13. The highest BCUT2D eigenvalue weighted by Gasteiger charge is 2.13. The molecule has 0 fully saturated rings. The van der Waals surface area contributed by atoms with Crippen molar-refractivity contribution in [2.45, 2.75) is 27.0 Å². The molecule has 0 spiro atoms. The number of halogens is 2. The van der Waals surface area contributed by atoms with Gasteiger partial charge in [0.1, 0.15) is 0 Å². The first-order valence-corrected chi connectivity index (χ1v) is 8.42. The fourth-order valence-corrected chi connectivity index (χ4v) is 2.62. The van der Waals surface area contributed by atoms with E-state index >= 15 is 0 Å². The SMILES string of the molecule is COc1cc(CN(C)C(=S)Nc2cccc(C)c2C)ccc1OC(F)F. The second-order valence-corrected chi connectivity index (χ2v) is 6.28. The second-order valence-electron chi connectivity index (χ2n) is 5.90. The topological polar surface area (TPSA) is 33.7 Å². The molecule has 0 saturated heterocycles. The van der Waals surface area contributed by atoms with Gasteiger partial charge in [-0.2, -0.15) is 8.78 Å². The molecule has 0 aliphatic carbocycles. The number of anilines is 1. The predicted molar refractivity (Wildman–Crippen MR) is 103 cm³/mol. The number of aryl methyl sites for hydroxylation is 1. The van der Waals surface area contributed by atoms with Crippen molar-refractivity contribution in [1.29, 1.82) is 0 Å². The lowest BCUT2D eigenvalue weighted by Gasteiger charge is -2.23. The van der Waals surface area contributed by atoms with E-state index in [0.717, 1.165) is 16.8 Å². The smallest absolute Gasteiger partial charge is 0.387 e. The third-order valence-corrected chi connectivity index (χ3v) is 4.47. The molecule has 4 nitrogen and oxygen atoms in total. The summed E-state index contributed by atoms with van der Waals surface area (Å²) in [7, 11) is 3.27. The van der Waals surface area contributed by atoms with Gasteiger partial charge in [-0.3, -0.25) is 0 Å². The Morgan fingerprint density at radius 2 is 1.92 bits per heavy atom. The Bertz CT molecular complexity index is 784. The average molecular weight is 380 g/mol. The van der Waals surface area contributed by atoms with Crippen LogP contribution in [0.4, 0.5) is 14.5 Å². The van der Waals surface area contributed by atoms with Gasteiger partial charge in [-0.15, -0.1) is 0 Å². The highest BCUT2D eigenvalue weighted by Crippen LogP contribution is 2.30. The van der Waals surface area contributed by atoms with Gasteiger partial charge in [-0.05, 0) is 61.0 Å². The third kappa shape index (κ3) is 5.05. The average Bonchev–Trinajstić information content (AvgIpc) is 2.59. The Balaban J connectivity index is 2.07. The van der Waals surface area contributed by atoms with E-state index in [2.05, 4.69) is 10.1 Å². The molecule has 0 aliphatic heterocycles. The van der Waals surface area contributed by atoms with E-state index in [1.54, 1.807) is 12.1 Å². The standard InChI is InChI=1S/C19H22F2N2O2S/c1-12-6-5-7-15(13(12)2)22-19(26)23(3)11-14-8-9-16(25-18(20)21)17(10-14)24-4/h5-10,18H,11H2,1-4H3,(H,22,26). The van der Waals surface area contributed by atoms with Gasteiger partial charge in [-0.1, -0.05) is 18.2 Å². The van der Waals surface area contributed by atoms with Crippen LogP contribution in [-0.2, 0) is 6.54 Å². The summed E-state index contributed by atoms with van der Waals surface area (Å²) in [6.07, 6.45) is 0. The zero-order valence-corrected chi connectivity index (χ0v) is 16.0. The van der Waals surface area contributed by atoms with E-state index in [1.807, 2.05) is 44.0 Å². The number of nitrogens with one attached hydrogen (secondary N) is 1. The van der Waals surface area contributed by atoms with Gasteiger partial charge < -0.3 is 19.7 Å². The van der Waals surface area contributed by atoms with Crippen molar-refractivity contribution in [2.24, 2.45) is 0 Å². The van der Waals surface area contributed by atoms with Crippen molar-refractivity contribution in [3.8, 4) is 11.5 Å². The first-order valence-electron chi connectivity index (χ1n) is 8.02. The molecule has 140 valence electrons. The predicted octanol–water partition coefficient (Wildman–Crippen LogP) is 4.74. The summed E-state index contributed by atoms with van der Waals surface area (Å²) in [6, 6.07) is 10.8. The molecular formula is C19H22F2N2O2S. The molecule has 0 unspecified atom stereocenters. The maximum Gasteiger partial charge on any atom is 0.387 e. The lowest BCUT2D eigenvalue weighted by Crippen LogP contribution is -2.30. The van der Waals surface area contributed by atoms with E-state index in [0.29, 0.717) is 11.7 Å². The van der Waals surface area contributed by atoms with Gasteiger partial charge in [0, 0.05) is 19.3 Å². The minimum absolute atomic E-state index is 0.00462. The van der Waals surface area contributed by atoms with Crippen LogP contribution in [0.5, 0.6) is 11.5 Å². The van der Waals surface area contributed by atoms with Crippen molar-refractivity contribution in [3.63, 3.8) is 0 Å². The Morgan fingerprint density at radius 3 is 2.58 bits per heavy atom. The number of hydrogen-bond donors (Lipinski definition) is 1. The molecule has 0 bridgehead atoms. The summed E-state index contributed by atoms with van der Waals surface area (Å²) in [6.45, 7) is 1.67. The normalized spacial score (nSPS) is 10.6. The van der Waals surface area contributed by atoms with E-state index < -0.39 is 6.61 Å². The van der Waals surface area contributed by atoms with Crippen molar-refractivity contribution in [2.75, 3.05) is 19.5 Å². The first-order chi connectivity index (χ1) is 12.3. The lowest BCUT2D eigenvalue weighted by molar-refractivity contribution is -0.0512. The van der Waals surface area contributed by atoms with Crippen molar-refractivity contribution >= 4 is 23.0 Å². The Hall–Kier alpha value is -2.41. The number of hydrogen-bond acceptors (Lipinski definition) is 3. The van der Waals surface area contributed by atoms with Gasteiger partial charge >= 0.3 is 6.61 Å². The van der Waals surface area contributed by atoms with Crippen LogP contribution < -0.4 is 14.8 Å². The minimum atomic E-state index is -2.90. The second kappa shape index (κ2) is 8.80. The fourth-order valence-electron chi connectivity index (χ4n) is 2.45. The number of methoxy groups -OCH3 is 1. The van der Waals surface area contributed by atoms with E-state index in [-0.39, 0.29) is 11.5 Å². The van der Waals surface area contributed by atoms with Gasteiger partial charge in [0.15, 0.2) is 16.6 Å². The lowest BCUT2D eigenvalue weighted by atomic mass is 10.1. The van der Waals surface area contributed by atoms with Crippen LogP contribution in [0.1, 0.15) is 16.7 Å². The highest BCUT2D eigenvalue weighted by molar-refractivity contribution is 7.80. The maximum atomic E-state index is 12.4. The molecule has 0 saturated carbocycles. The van der Waals surface area contributed by atoms with Crippen molar-refractivity contribution in [3.05, 3.63) is 53.1 Å². The van der Waals surface area contributed by atoms with Gasteiger partial charge in [0.2, 0.25) is 0 Å². The van der Waals surface area contributed by atoms with E-state index in [4.69, 9.17) is 17.0 Å². The van der Waals surface area contributed by atoms with Gasteiger partial charge in [-0.25, -0.2) is 0 Å². The third-order valence-electron chi connectivity index (χ3n) is 4.06. The van der Waals surface area contributed by atoms with Crippen LogP contribution in [-0.4, -0.2) is 30.8 Å². The van der Waals surface area contributed by atoms with E-state index in [1.165, 1.54) is 18.7 Å². The number of rotatable bonds is 6. The molecule has 0 aromatic heterocycles. The zero-order valence-electron chi connectivity index (χ0n) is 15.2. The largest absolute Gasteiger partial charge is 0.493 e. The molecule has 0 aliphatic rings. The van der Waals surface area contributed by atoms with Crippen LogP contribution >= 0.6 is 12.2 Å². The van der Waals surface area contributed by atoms with Crippen LogP contribution in [0.3, 0.4) is 0 Å². The summed E-state index contributed by atoms with van der Waals surface area (Å²) < 4.78 is 34.4. The van der Waals surface area contributed by atoms with Crippen molar-refractivity contribution < 1.29 is 18.3 Å². The highest BCUT2D eigenvalue weighted by atomic mass is 32.1. The molecular weight excluding hydrogens is 358 g/mol. The Kier molecular flexibility index (Phi) is 6.74. The van der Waals surface area contributed by atoms with Gasteiger partial charge in [0.25, 0.3) is 0 Å². The number of ether oxygens (including phenoxy) is 2. The molecule has 1 N–H and O–H groups in total. The van der Waals surface area contributed by atoms with Crippen LogP contribution in [0.25, 0.3) is 0 Å². The minimum Gasteiger partial charge on any atom is -0.493 e. The van der Waals surface area contributed by atoms with Crippen LogP contribution in [0.15, 0.2) is 36.4 Å². The number of alkyl halides is 2. The summed E-state index contributed by atoms with van der Waals surface area (Å²) in [4.78, 5) is 1.86. The number of benzene rings is 2. The van der Waals surface area contributed by atoms with Crippen LogP contribution in [0, 0.1) is 13.8 Å². The molecule has 2 rings (SSSR count). The molecule has 2 aromatic rings. The monoisotopic (exact) mass is 380 g/mol. The molecule has 0 atom stereocenters. The maximum absolute atomic E-state index is 12.4. The van der Waals surface area contributed by atoms with E-state index in [9.17, 15) is 8.78 Å². The van der Waals surface area contributed by atoms with Crippen LogP contribution in [0.2, 0.25) is 0 Å². The molecule has 0 heterocycles. The zero-order chi connectivity index (χ0) is 19.3. The summed E-state index contributed by atoms with van der Waals surface area (Å²) in [5.74, 6) is 0.259. The quantitative estimate of drug-likeness (QED) is 0.732.